The molecule has 0 unspecified atom stereocenters. The number of nitrogens with one attached hydrogen (secondary N) is 1. The SMILES string of the molecule is Cn1cc(Nc2nc(N)c(F)c(Cc3cccc(F)c3F)n2)cn1. The van der Waals surface area contributed by atoms with Crippen LogP contribution in [-0.2, 0) is 13.5 Å². The highest BCUT2D eigenvalue weighted by atomic mass is 19.2. The van der Waals surface area contributed by atoms with E-state index in [-0.39, 0.29) is 29.4 Å². The third-order valence-electron chi connectivity index (χ3n) is 3.30. The molecule has 3 N–H and O–H groups in total. The van der Waals surface area contributed by atoms with E-state index in [1.165, 1.54) is 18.3 Å². The van der Waals surface area contributed by atoms with Gasteiger partial charge in [0.2, 0.25) is 5.95 Å². The van der Waals surface area contributed by atoms with E-state index in [4.69, 9.17) is 5.73 Å². The number of aromatic nitrogens is 4. The predicted octanol–water partition coefficient (Wildman–Crippen LogP) is 2.54. The molecule has 0 spiro atoms. The third-order valence-corrected chi connectivity index (χ3v) is 3.30. The molecule has 2 aromatic heterocycles. The standard InChI is InChI=1S/C15H13F3N6/c1-24-7-9(6-20-24)21-15-22-11(13(18)14(19)23-15)5-8-3-2-4-10(16)12(8)17/h2-4,6-7H,5H2,1H3,(H3,19,21,22,23). The Morgan fingerprint density at radius 1 is 1.17 bits per heavy atom. The summed E-state index contributed by atoms with van der Waals surface area (Å²) in [5, 5.41) is 6.79. The number of nitrogens with two attached hydrogens (primary N) is 1. The van der Waals surface area contributed by atoms with E-state index < -0.39 is 17.5 Å². The highest BCUT2D eigenvalue weighted by molar-refractivity contribution is 5.53. The molecule has 0 radical (unpaired) electrons. The van der Waals surface area contributed by atoms with Crippen molar-refractivity contribution >= 4 is 17.5 Å². The number of aryl methyl sites for hydroxylation is 1. The van der Waals surface area contributed by atoms with Crippen LogP contribution in [0.1, 0.15) is 11.3 Å². The van der Waals surface area contributed by atoms with Gasteiger partial charge in [-0.2, -0.15) is 10.1 Å². The van der Waals surface area contributed by atoms with Crippen molar-refractivity contribution in [3.63, 3.8) is 0 Å². The fraction of sp³-hybridized carbons (Fsp3) is 0.133. The zero-order chi connectivity index (χ0) is 17.3. The highest BCUT2D eigenvalue weighted by Gasteiger charge is 2.16. The Morgan fingerprint density at radius 2 is 1.96 bits per heavy atom. The summed E-state index contributed by atoms with van der Waals surface area (Å²) in [5.41, 5.74) is 5.95. The Balaban J connectivity index is 1.93. The largest absolute Gasteiger partial charge is 0.381 e. The summed E-state index contributed by atoms with van der Waals surface area (Å²) in [7, 11) is 1.73. The lowest BCUT2D eigenvalue weighted by molar-refractivity contribution is 0.499. The van der Waals surface area contributed by atoms with Crippen LogP contribution in [0, 0.1) is 17.5 Å². The minimum Gasteiger partial charge on any atom is -0.381 e. The molecule has 3 rings (SSSR count). The quantitative estimate of drug-likeness (QED) is 0.766. The van der Waals surface area contributed by atoms with E-state index in [9.17, 15) is 13.2 Å². The fourth-order valence-corrected chi connectivity index (χ4v) is 2.17. The van der Waals surface area contributed by atoms with E-state index >= 15 is 0 Å². The van der Waals surface area contributed by atoms with Crippen molar-refractivity contribution < 1.29 is 13.2 Å². The lowest BCUT2D eigenvalue weighted by atomic mass is 10.1. The van der Waals surface area contributed by atoms with Crippen molar-refractivity contribution in [3.05, 3.63) is 59.3 Å². The van der Waals surface area contributed by atoms with Gasteiger partial charge >= 0.3 is 0 Å². The van der Waals surface area contributed by atoms with Crippen LogP contribution in [0.5, 0.6) is 0 Å². The Hall–Kier alpha value is -3.10. The monoisotopic (exact) mass is 334 g/mol. The van der Waals surface area contributed by atoms with E-state index in [0.717, 1.165) is 6.07 Å². The van der Waals surface area contributed by atoms with Gasteiger partial charge in [0.1, 0.15) is 0 Å². The Bertz CT molecular complexity index is 893. The number of benzene rings is 1. The lowest BCUT2D eigenvalue weighted by Gasteiger charge is -2.09. The van der Waals surface area contributed by atoms with Gasteiger partial charge in [0, 0.05) is 19.7 Å². The Morgan fingerprint density at radius 3 is 2.67 bits per heavy atom. The minimum absolute atomic E-state index is 0.0284. The number of halogens is 3. The van der Waals surface area contributed by atoms with Gasteiger partial charge in [0.05, 0.1) is 17.6 Å². The van der Waals surface area contributed by atoms with Crippen LogP contribution in [0.4, 0.5) is 30.6 Å². The Labute approximate surface area is 135 Å². The predicted molar refractivity (Wildman–Crippen MR) is 82.1 cm³/mol. The maximum absolute atomic E-state index is 14.1. The van der Waals surface area contributed by atoms with Gasteiger partial charge in [-0.25, -0.2) is 18.2 Å². The maximum Gasteiger partial charge on any atom is 0.229 e. The van der Waals surface area contributed by atoms with Crippen LogP contribution in [0.3, 0.4) is 0 Å². The molecule has 0 aliphatic carbocycles. The molecule has 1 aromatic carbocycles. The van der Waals surface area contributed by atoms with Gasteiger partial charge < -0.3 is 11.1 Å². The summed E-state index contributed by atoms with van der Waals surface area (Å²) in [6.07, 6.45) is 2.92. The molecule has 9 heteroatoms. The number of nitrogens with zero attached hydrogens (tertiary/aromatic N) is 4. The number of anilines is 3. The molecule has 0 amide bonds. The molecule has 0 atom stereocenters. The molecule has 0 fully saturated rings. The fourth-order valence-electron chi connectivity index (χ4n) is 2.17. The molecule has 24 heavy (non-hydrogen) atoms. The first-order valence-corrected chi connectivity index (χ1v) is 6.94. The summed E-state index contributed by atoms with van der Waals surface area (Å²) in [5.74, 6) is -3.27. The van der Waals surface area contributed by atoms with Crippen molar-refractivity contribution in [2.45, 2.75) is 6.42 Å². The van der Waals surface area contributed by atoms with Crippen LogP contribution in [0.2, 0.25) is 0 Å². The van der Waals surface area contributed by atoms with Crippen molar-refractivity contribution in [3.8, 4) is 0 Å². The normalized spacial score (nSPS) is 10.8. The zero-order valence-electron chi connectivity index (χ0n) is 12.6. The summed E-state index contributed by atoms with van der Waals surface area (Å²) >= 11 is 0. The van der Waals surface area contributed by atoms with Crippen molar-refractivity contribution in [2.75, 3.05) is 11.1 Å². The van der Waals surface area contributed by atoms with Crippen molar-refractivity contribution in [2.24, 2.45) is 7.05 Å². The molecule has 2 heterocycles. The molecular formula is C15H13F3N6. The number of hydrogen-bond acceptors (Lipinski definition) is 5. The number of rotatable bonds is 4. The second-order valence-electron chi connectivity index (χ2n) is 5.11. The number of nitrogen functional groups attached to an aromatic ring is 1. The highest BCUT2D eigenvalue weighted by Crippen LogP contribution is 2.21. The average Bonchev–Trinajstić information content (AvgIpc) is 2.94. The molecule has 3 aromatic rings. The summed E-state index contributed by atoms with van der Waals surface area (Å²) < 4.78 is 42.7. The van der Waals surface area contributed by atoms with E-state index in [1.54, 1.807) is 17.9 Å². The van der Waals surface area contributed by atoms with Crippen molar-refractivity contribution in [1.29, 1.82) is 0 Å². The molecular weight excluding hydrogens is 321 g/mol. The van der Waals surface area contributed by atoms with Crippen LogP contribution in [0.15, 0.2) is 30.6 Å². The molecule has 0 saturated carbocycles. The Kier molecular flexibility index (Phi) is 4.07. The average molecular weight is 334 g/mol. The lowest BCUT2D eigenvalue weighted by Crippen LogP contribution is -2.09. The van der Waals surface area contributed by atoms with Crippen LogP contribution < -0.4 is 11.1 Å². The molecule has 6 nitrogen and oxygen atoms in total. The molecule has 0 aliphatic rings. The first-order chi connectivity index (χ1) is 11.4. The van der Waals surface area contributed by atoms with E-state index in [0.29, 0.717) is 5.69 Å². The smallest absolute Gasteiger partial charge is 0.229 e. The summed E-state index contributed by atoms with van der Waals surface area (Å²) in [6, 6.07) is 3.67. The van der Waals surface area contributed by atoms with Gasteiger partial charge in [-0.05, 0) is 11.6 Å². The molecule has 0 saturated heterocycles. The van der Waals surface area contributed by atoms with Gasteiger partial charge in [0.15, 0.2) is 23.3 Å². The van der Waals surface area contributed by atoms with E-state index in [2.05, 4.69) is 20.4 Å². The topological polar surface area (TPSA) is 81.7 Å². The maximum atomic E-state index is 14.1. The zero-order valence-corrected chi connectivity index (χ0v) is 12.6. The number of hydrogen-bond donors (Lipinski definition) is 2. The summed E-state index contributed by atoms with van der Waals surface area (Å²) in [6.45, 7) is 0. The summed E-state index contributed by atoms with van der Waals surface area (Å²) in [4.78, 5) is 7.80. The van der Waals surface area contributed by atoms with Crippen LogP contribution in [0.25, 0.3) is 0 Å². The van der Waals surface area contributed by atoms with Gasteiger partial charge in [0.25, 0.3) is 0 Å². The first kappa shape index (κ1) is 15.8. The van der Waals surface area contributed by atoms with Gasteiger partial charge in [-0.1, -0.05) is 12.1 Å². The second-order valence-corrected chi connectivity index (χ2v) is 5.11. The van der Waals surface area contributed by atoms with Crippen LogP contribution >= 0.6 is 0 Å². The van der Waals surface area contributed by atoms with Gasteiger partial charge in [-0.3, -0.25) is 4.68 Å². The molecule has 0 aliphatic heterocycles. The minimum atomic E-state index is -1.05. The van der Waals surface area contributed by atoms with Gasteiger partial charge in [-0.15, -0.1) is 0 Å². The molecule has 124 valence electrons. The van der Waals surface area contributed by atoms with E-state index in [1.807, 2.05) is 0 Å². The van der Waals surface area contributed by atoms with Crippen LogP contribution in [-0.4, -0.2) is 19.7 Å². The third kappa shape index (κ3) is 3.14. The molecule has 0 bridgehead atoms. The van der Waals surface area contributed by atoms with Crippen molar-refractivity contribution in [1.82, 2.24) is 19.7 Å². The first-order valence-electron chi connectivity index (χ1n) is 6.94. The second kappa shape index (κ2) is 6.19.